The fourth-order valence-electron chi connectivity index (χ4n) is 3.80. The predicted octanol–water partition coefficient (Wildman–Crippen LogP) is 2.70. The fourth-order valence-corrected chi connectivity index (χ4v) is 4.03. The molecule has 1 fully saturated rings. The molecule has 5 nitrogen and oxygen atoms in total. The van der Waals surface area contributed by atoms with Gasteiger partial charge in [-0.25, -0.2) is 4.68 Å². The average molecular weight is 345 g/mol. The van der Waals surface area contributed by atoms with Gasteiger partial charge in [-0.3, -0.25) is 9.78 Å². The summed E-state index contributed by atoms with van der Waals surface area (Å²) in [4.78, 5) is 18.6. The standard InChI is InChI=1S/C18H21ClN4O/c19-15-11-20-7-4-17(15)22-8-5-13(6-9-22)12-23-18(24)10-14-2-1-3-16(14)21-23/h4,7,10-11,13H,1-3,5-6,8-9,12H2. The molecule has 6 heteroatoms. The lowest BCUT2D eigenvalue weighted by Crippen LogP contribution is -2.37. The van der Waals surface area contributed by atoms with Crippen molar-refractivity contribution in [2.24, 2.45) is 5.92 Å². The van der Waals surface area contributed by atoms with Gasteiger partial charge in [0.2, 0.25) is 0 Å². The summed E-state index contributed by atoms with van der Waals surface area (Å²) >= 11 is 6.24. The third-order valence-electron chi connectivity index (χ3n) is 5.16. The van der Waals surface area contributed by atoms with E-state index < -0.39 is 0 Å². The molecule has 2 aromatic heterocycles. The van der Waals surface area contributed by atoms with E-state index in [0.29, 0.717) is 10.9 Å². The third kappa shape index (κ3) is 3.05. The summed E-state index contributed by atoms with van der Waals surface area (Å²) in [7, 11) is 0. The van der Waals surface area contributed by atoms with Crippen LogP contribution in [0.1, 0.15) is 30.5 Å². The fraction of sp³-hybridized carbons (Fsp3) is 0.500. The van der Waals surface area contributed by atoms with E-state index in [4.69, 9.17) is 11.6 Å². The number of aryl methyl sites for hydroxylation is 2. The van der Waals surface area contributed by atoms with Gasteiger partial charge in [0.15, 0.2) is 0 Å². The minimum atomic E-state index is 0.0512. The van der Waals surface area contributed by atoms with Crippen LogP contribution in [0.3, 0.4) is 0 Å². The summed E-state index contributed by atoms with van der Waals surface area (Å²) in [6.45, 7) is 2.63. The molecule has 24 heavy (non-hydrogen) atoms. The summed E-state index contributed by atoms with van der Waals surface area (Å²) in [5.74, 6) is 0.492. The second-order valence-electron chi connectivity index (χ2n) is 6.75. The van der Waals surface area contributed by atoms with Crippen LogP contribution >= 0.6 is 11.6 Å². The van der Waals surface area contributed by atoms with Gasteiger partial charge in [0, 0.05) is 38.1 Å². The van der Waals surface area contributed by atoms with Crippen LogP contribution in [0.4, 0.5) is 5.69 Å². The van der Waals surface area contributed by atoms with Gasteiger partial charge in [0.05, 0.1) is 16.4 Å². The Hall–Kier alpha value is -1.88. The second kappa shape index (κ2) is 6.55. The van der Waals surface area contributed by atoms with Crippen molar-refractivity contribution in [1.29, 1.82) is 0 Å². The first kappa shape index (κ1) is 15.6. The number of anilines is 1. The van der Waals surface area contributed by atoms with Crippen molar-refractivity contribution in [2.75, 3.05) is 18.0 Å². The molecule has 2 aromatic rings. The molecular weight excluding hydrogens is 324 g/mol. The highest BCUT2D eigenvalue weighted by molar-refractivity contribution is 6.33. The number of halogens is 1. The molecule has 1 aliphatic carbocycles. The summed E-state index contributed by atoms with van der Waals surface area (Å²) < 4.78 is 1.68. The Morgan fingerprint density at radius 2 is 2.08 bits per heavy atom. The lowest BCUT2D eigenvalue weighted by Gasteiger charge is -2.34. The smallest absolute Gasteiger partial charge is 0.267 e. The maximum absolute atomic E-state index is 12.2. The van der Waals surface area contributed by atoms with Gasteiger partial charge in [-0.1, -0.05) is 11.6 Å². The molecule has 0 saturated carbocycles. The van der Waals surface area contributed by atoms with Crippen LogP contribution in [-0.2, 0) is 19.4 Å². The molecule has 0 unspecified atom stereocenters. The highest BCUT2D eigenvalue weighted by Crippen LogP contribution is 2.29. The Balaban J connectivity index is 1.42. The van der Waals surface area contributed by atoms with Gasteiger partial charge in [0.1, 0.15) is 0 Å². The number of hydrogen-bond acceptors (Lipinski definition) is 4. The van der Waals surface area contributed by atoms with Crippen LogP contribution in [0, 0.1) is 5.92 Å². The van der Waals surface area contributed by atoms with E-state index in [1.54, 1.807) is 23.1 Å². The van der Waals surface area contributed by atoms with Gasteiger partial charge in [0.25, 0.3) is 5.56 Å². The zero-order valence-electron chi connectivity index (χ0n) is 13.6. The topological polar surface area (TPSA) is 51.0 Å². The highest BCUT2D eigenvalue weighted by Gasteiger charge is 2.23. The highest BCUT2D eigenvalue weighted by atomic mass is 35.5. The Morgan fingerprint density at radius 3 is 2.88 bits per heavy atom. The van der Waals surface area contributed by atoms with Crippen LogP contribution in [0.25, 0.3) is 0 Å². The van der Waals surface area contributed by atoms with E-state index in [-0.39, 0.29) is 5.56 Å². The van der Waals surface area contributed by atoms with Gasteiger partial charge >= 0.3 is 0 Å². The van der Waals surface area contributed by atoms with Crippen LogP contribution in [-0.4, -0.2) is 27.9 Å². The predicted molar refractivity (Wildman–Crippen MR) is 94.7 cm³/mol. The Kier molecular flexibility index (Phi) is 4.27. The maximum atomic E-state index is 12.2. The molecule has 0 bridgehead atoms. The average Bonchev–Trinajstić information content (AvgIpc) is 3.03. The minimum Gasteiger partial charge on any atom is -0.370 e. The lowest BCUT2D eigenvalue weighted by molar-refractivity contribution is 0.334. The SMILES string of the molecule is O=c1cc2c(nn1CC1CCN(c3ccncc3Cl)CC1)CCC2. The molecule has 0 N–H and O–H groups in total. The van der Waals surface area contributed by atoms with E-state index in [1.807, 2.05) is 6.07 Å². The molecule has 4 rings (SSSR count). The van der Waals surface area contributed by atoms with E-state index in [1.165, 1.54) is 0 Å². The second-order valence-corrected chi connectivity index (χ2v) is 7.15. The molecule has 2 aliphatic rings. The lowest BCUT2D eigenvalue weighted by atomic mass is 9.96. The van der Waals surface area contributed by atoms with E-state index in [2.05, 4.69) is 15.0 Å². The van der Waals surface area contributed by atoms with Crippen molar-refractivity contribution in [2.45, 2.75) is 38.6 Å². The maximum Gasteiger partial charge on any atom is 0.267 e. The molecule has 0 radical (unpaired) electrons. The molecular formula is C18H21ClN4O. The molecule has 0 atom stereocenters. The number of fused-ring (bicyclic) bond motifs is 1. The Morgan fingerprint density at radius 1 is 1.25 bits per heavy atom. The molecule has 0 aromatic carbocycles. The molecule has 0 spiro atoms. The summed E-state index contributed by atoms with van der Waals surface area (Å²) in [5.41, 5.74) is 3.38. The van der Waals surface area contributed by atoms with E-state index in [9.17, 15) is 4.79 Å². The van der Waals surface area contributed by atoms with Gasteiger partial charge in [-0.15, -0.1) is 0 Å². The molecule has 1 saturated heterocycles. The number of aromatic nitrogens is 3. The quantitative estimate of drug-likeness (QED) is 0.859. The van der Waals surface area contributed by atoms with Gasteiger partial charge in [-0.05, 0) is 49.7 Å². The van der Waals surface area contributed by atoms with Crippen LogP contribution in [0.5, 0.6) is 0 Å². The number of piperidine rings is 1. The van der Waals surface area contributed by atoms with Crippen molar-refractivity contribution >= 4 is 17.3 Å². The summed E-state index contributed by atoms with van der Waals surface area (Å²) in [6.07, 6.45) is 8.70. The van der Waals surface area contributed by atoms with Crippen molar-refractivity contribution in [3.05, 3.63) is 51.2 Å². The number of hydrogen-bond donors (Lipinski definition) is 0. The number of nitrogens with zero attached hydrogens (tertiary/aromatic N) is 4. The first-order valence-electron chi connectivity index (χ1n) is 8.65. The summed E-state index contributed by atoms with van der Waals surface area (Å²) in [6, 6.07) is 3.76. The monoisotopic (exact) mass is 344 g/mol. The van der Waals surface area contributed by atoms with Crippen molar-refractivity contribution in [3.63, 3.8) is 0 Å². The largest absolute Gasteiger partial charge is 0.370 e. The molecule has 1 aliphatic heterocycles. The molecule has 3 heterocycles. The normalized spacial score (nSPS) is 18.0. The molecule has 126 valence electrons. The van der Waals surface area contributed by atoms with E-state index in [0.717, 1.165) is 68.7 Å². The van der Waals surface area contributed by atoms with Crippen LogP contribution in [0.15, 0.2) is 29.3 Å². The zero-order valence-corrected chi connectivity index (χ0v) is 14.4. The number of rotatable bonds is 3. The summed E-state index contributed by atoms with van der Waals surface area (Å²) in [5, 5.41) is 5.30. The third-order valence-corrected chi connectivity index (χ3v) is 5.45. The number of pyridine rings is 1. The van der Waals surface area contributed by atoms with Gasteiger partial charge < -0.3 is 4.90 Å². The van der Waals surface area contributed by atoms with Crippen LogP contribution in [0.2, 0.25) is 5.02 Å². The van der Waals surface area contributed by atoms with Crippen LogP contribution < -0.4 is 10.5 Å². The first-order valence-corrected chi connectivity index (χ1v) is 9.03. The van der Waals surface area contributed by atoms with Crippen molar-refractivity contribution < 1.29 is 0 Å². The van der Waals surface area contributed by atoms with Gasteiger partial charge in [-0.2, -0.15) is 5.10 Å². The zero-order chi connectivity index (χ0) is 16.5. The first-order chi connectivity index (χ1) is 11.7. The van der Waals surface area contributed by atoms with Crippen molar-refractivity contribution in [3.8, 4) is 0 Å². The minimum absolute atomic E-state index is 0.0512. The molecule has 0 amide bonds. The Labute approximate surface area is 146 Å². The Bertz CT molecular complexity index is 796. The van der Waals surface area contributed by atoms with E-state index >= 15 is 0 Å². The van der Waals surface area contributed by atoms with Crippen molar-refractivity contribution in [1.82, 2.24) is 14.8 Å².